The van der Waals surface area contributed by atoms with Gasteiger partial charge in [-0.15, -0.1) is 23.1 Å². The average Bonchev–Trinajstić information content (AvgIpc) is 3.88. The Morgan fingerprint density at radius 2 is 1.24 bits per heavy atom. The van der Waals surface area contributed by atoms with Gasteiger partial charge in [-0.2, -0.15) is 5.26 Å². The van der Waals surface area contributed by atoms with Crippen LogP contribution in [0, 0.1) is 11.3 Å². The molecule has 272 valence electrons. The second kappa shape index (κ2) is 14.2. The Balaban J connectivity index is 1.01. The van der Waals surface area contributed by atoms with Gasteiger partial charge in [-0.25, -0.2) is 24.9 Å². The highest BCUT2D eigenvalue weighted by Gasteiger charge is 2.39. The molecular weight excluding hydrogens is 749 g/mol. The second-order valence-corrected chi connectivity index (χ2v) is 16.5. The monoisotopic (exact) mass is 778 g/mol. The van der Waals surface area contributed by atoms with Gasteiger partial charge in [0.2, 0.25) is 0 Å². The van der Waals surface area contributed by atoms with E-state index in [0.717, 1.165) is 66.1 Å². The molecule has 0 saturated heterocycles. The Morgan fingerprint density at radius 3 is 2.03 bits per heavy atom. The van der Waals surface area contributed by atoms with Crippen LogP contribution in [0.25, 0.3) is 82.4 Å². The van der Waals surface area contributed by atoms with E-state index in [4.69, 9.17) is 24.9 Å². The molecule has 1 aliphatic heterocycles. The molecule has 6 nitrogen and oxygen atoms in total. The molecule has 11 rings (SSSR count). The van der Waals surface area contributed by atoms with Gasteiger partial charge in [-0.3, -0.25) is 0 Å². The third kappa shape index (κ3) is 5.91. The number of thioether (sulfide) groups is 1. The molecule has 0 N–H and O–H groups in total. The number of hydrogen-bond donors (Lipinski definition) is 0. The van der Waals surface area contributed by atoms with Crippen LogP contribution in [0.4, 0.5) is 0 Å². The fraction of sp³-hybridized carbons (Fsp3) is 0.0400. The van der Waals surface area contributed by atoms with E-state index < -0.39 is 0 Å². The van der Waals surface area contributed by atoms with Crippen molar-refractivity contribution < 1.29 is 0 Å². The summed E-state index contributed by atoms with van der Waals surface area (Å²) >= 11 is 3.62. The number of rotatable bonds is 6. The van der Waals surface area contributed by atoms with Crippen molar-refractivity contribution in [1.82, 2.24) is 24.9 Å². The van der Waals surface area contributed by atoms with E-state index in [1.54, 1.807) is 11.3 Å². The van der Waals surface area contributed by atoms with Gasteiger partial charge in [0, 0.05) is 48.0 Å². The zero-order valence-corrected chi connectivity index (χ0v) is 32.5. The molecule has 2 aliphatic rings. The van der Waals surface area contributed by atoms with E-state index in [1.165, 1.54) is 15.2 Å². The van der Waals surface area contributed by atoms with Crippen molar-refractivity contribution in [2.75, 3.05) is 0 Å². The molecular formula is C50H30N6S2. The standard InChI is InChI=1S/C50H30N6S2/c51-29-30-12-9-17-35(28-30)31-24-26-34(27-25-31)48-54-47(33-15-5-2-6-16-33)55-49(56-48)38-20-11-23-41-42(38)37-19-10-21-39(45(37)58-41)50-52-43(32-13-3-1-4-14-32)46-44(53-50)36-18-7-8-22-40(36)57-46/h1-28,39,45H. The number of fused-ring (bicyclic) bond motifs is 6. The van der Waals surface area contributed by atoms with E-state index in [2.05, 4.69) is 103 Å². The Bertz CT molecular complexity index is 3170. The maximum Gasteiger partial charge on any atom is 0.164 e. The molecule has 9 aromatic rings. The summed E-state index contributed by atoms with van der Waals surface area (Å²) in [6.45, 7) is 0. The van der Waals surface area contributed by atoms with Crippen molar-refractivity contribution in [3.05, 3.63) is 187 Å². The van der Waals surface area contributed by atoms with Gasteiger partial charge >= 0.3 is 0 Å². The number of thiophene rings is 1. The maximum absolute atomic E-state index is 9.45. The van der Waals surface area contributed by atoms with E-state index in [0.29, 0.717) is 23.0 Å². The molecule has 0 spiro atoms. The summed E-state index contributed by atoms with van der Waals surface area (Å²) in [6, 6.07) is 53.6. The number of allylic oxidation sites excluding steroid dienone is 3. The van der Waals surface area contributed by atoms with Crippen molar-refractivity contribution in [3.8, 4) is 62.6 Å². The first kappa shape index (κ1) is 34.2. The molecule has 0 bridgehead atoms. The van der Waals surface area contributed by atoms with Crippen LogP contribution in [0.1, 0.15) is 22.9 Å². The van der Waals surface area contributed by atoms with Crippen molar-refractivity contribution in [3.63, 3.8) is 0 Å². The molecule has 58 heavy (non-hydrogen) atoms. The highest BCUT2D eigenvalue weighted by Crippen LogP contribution is 2.55. The zero-order valence-electron chi connectivity index (χ0n) is 30.8. The van der Waals surface area contributed by atoms with Gasteiger partial charge < -0.3 is 0 Å². The van der Waals surface area contributed by atoms with Gasteiger partial charge in [0.05, 0.1) is 33.5 Å². The number of benzene rings is 6. The van der Waals surface area contributed by atoms with Gasteiger partial charge in [-0.1, -0.05) is 146 Å². The van der Waals surface area contributed by atoms with Crippen molar-refractivity contribution in [1.29, 1.82) is 5.26 Å². The largest absolute Gasteiger partial charge is 0.231 e. The lowest BCUT2D eigenvalue weighted by Gasteiger charge is -2.24. The van der Waals surface area contributed by atoms with Gasteiger partial charge in [0.1, 0.15) is 5.82 Å². The Morgan fingerprint density at radius 1 is 0.569 bits per heavy atom. The lowest BCUT2D eigenvalue weighted by molar-refractivity contribution is 0.809. The van der Waals surface area contributed by atoms with Crippen LogP contribution < -0.4 is 0 Å². The number of nitriles is 1. The predicted molar refractivity (Wildman–Crippen MR) is 236 cm³/mol. The van der Waals surface area contributed by atoms with Crippen LogP contribution in [-0.4, -0.2) is 30.2 Å². The molecule has 2 atom stereocenters. The fourth-order valence-electron chi connectivity index (χ4n) is 7.97. The summed E-state index contributed by atoms with van der Waals surface area (Å²) in [5, 5.41) is 10.7. The molecule has 1 aliphatic carbocycles. The molecule has 4 heterocycles. The number of hydrogen-bond acceptors (Lipinski definition) is 8. The lowest BCUT2D eigenvalue weighted by atomic mass is 9.87. The molecule has 8 heteroatoms. The lowest BCUT2D eigenvalue weighted by Crippen LogP contribution is -2.18. The predicted octanol–water partition coefficient (Wildman–Crippen LogP) is 12.4. The van der Waals surface area contributed by atoms with E-state index in [1.807, 2.05) is 84.6 Å². The topological polar surface area (TPSA) is 88.2 Å². The first-order valence-corrected chi connectivity index (χ1v) is 20.7. The minimum absolute atomic E-state index is 0.0584. The van der Waals surface area contributed by atoms with Gasteiger partial charge in [0.25, 0.3) is 0 Å². The summed E-state index contributed by atoms with van der Waals surface area (Å²) in [7, 11) is 0. The first-order chi connectivity index (χ1) is 28.7. The quantitative estimate of drug-likeness (QED) is 0.166. The average molecular weight is 779 g/mol. The SMILES string of the molecule is N#Cc1cccc(-c2ccc(-c3nc(-c4ccccc4)nc(-c4cccc5c4C4=CC=CC(c6nc(-c7ccccc7)c7sc8ccccc8c7n6)C4S5)n3)cc2)c1. The first-order valence-electron chi connectivity index (χ1n) is 19.0. The van der Waals surface area contributed by atoms with Crippen LogP contribution in [0.15, 0.2) is 175 Å². The smallest absolute Gasteiger partial charge is 0.164 e. The number of aromatic nitrogens is 5. The van der Waals surface area contributed by atoms with E-state index >= 15 is 0 Å². The van der Waals surface area contributed by atoms with E-state index in [-0.39, 0.29) is 11.2 Å². The fourth-order valence-corrected chi connectivity index (χ4v) is 10.6. The minimum Gasteiger partial charge on any atom is -0.231 e. The Hall–Kier alpha value is -7.05. The third-order valence-electron chi connectivity index (χ3n) is 10.8. The van der Waals surface area contributed by atoms with Crippen LogP contribution in [0.5, 0.6) is 0 Å². The third-order valence-corrected chi connectivity index (χ3v) is 13.3. The molecule has 0 fully saturated rings. The van der Waals surface area contributed by atoms with Crippen LogP contribution in [0.3, 0.4) is 0 Å². The maximum atomic E-state index is 9.45. The van der Waals surface area contributed by atoms with Crippen LogP contribution in [-0.2, 0) is 0 Å². The summed E-state index contributed by atoms with van der Waals surface area (Å²) in [5.74, 6) is 2.58. The molecule has 2 unspecified atom stereocenters. The highest BCUT2D eigenvalue weighted by atomic mass is 32.2. The molecule has 0 saturated carbocycles. The van der Waals surface area contributed by atoms with Gasteiger partial charge in [0.15, 0.2) is 17.5 Å². The van der Waals surface area contributed by atoms with E-state index in [9.17, 15) is 5.26 Å². The molecule has 3 aromatic heterocycles. The summed E-state index contributed by atoms with van der Waals surface area (Å²) in [4.78, 5) is 27.3. The molecule has 0 amide bonds. The summed E-state index contributed by atoms with van der Waals surface area (Å²) in [5.41, 5.74) is 10.8. The van der Waals surface area contributed by atoms with Crippen molar-refractivity contribution in [2.45, 2.75) is 16.1 Å². The van der Waals surface area contributed by atoms with Crippen LogP contribution in [0.2, 0.25) is 0 Å². The molecule has 0 radical (unpaired) electrons. The summed E-state index contributed by atoms with van der Waals surface area (Å²) < 4.78 is 2.32. The van der Waals surface area contributed by atoms with Crippen LogP contribution >= 0.6 is 23.1 Å². The minimum atomic E-state index is -0.0584. The van der Waals surface area contributed by atoms with Crippen molar-refractivity contribution >= 4 is 49.0 Å². The highest BCUT2D eigenvalue weighted by molar-refractivity contribution is 8.01. The number of nitrogens with zero attached hydrogens (tertiary/aromatic N) is 6. The Kier molecular flexibility index (Phi) is 8.35. The van der Waals surface area contributed by atoms with Crippen molar-refractivity contribution in [2.24, 2.45) is 0 Å². The van der Waals surface area contributed by atoms with Gasteiger partial charge in [-0.05, 0) is 41.0 Å². The Labute approximate surface area is 343 Å². The normalized spacial score (nSPS) is 15.5. The molecule has 6 aromatic carbocycles. The summed E-state index contributed by atoms with van der Waals surface area (Å²) in [6.07, 6.45) is 6.65. The second-order valence-electron chi connectivity index (χ2n) is 14.3. The zero-order chi connectivity index (χ0) is 38.6.